The van der Waals surface area contributed by atoms with Crippen molar-refractivity contribution in [3.8, 4) is 5.75 Å². The van der Waals surface area contributed by atoms with E-state index in [9.17, 15) is 14.4 Å². The minimum absolute atomic E-state index is 0.0550. The van der Waals surface area contributed by atoms with Gasteiger partial charge in [0.05, 0.1) is 29.3 Å². The Morgan fingerprint density at radius 1 is 1.20 bits per heavy atom. The molecular formula is C25H26ClN3O5S. The Balaban J connectivity index is 1.84. The quantitative estimate of drug-likeness (QED) is 0.423. The van der Waals surface area contributed by atoms with E-state index in [1.165, 1.54) is 30.6 Å². The van der Waals surface area contributed by atoms with Crippen molar-refractivity contribution in [3.63, 3.8) is 0 Å². The fourth-order valence-electron chi connectivity index (χ4n) is 3.08. The summed E-state index contributed by atoms with van der Waals surface area (Å²) >= 11 is 7.61. The summed E-state index contributed by atoms with van der Waals surface area (Å²) in [6.07, 6.45) is 2.35. The van der Waals surface area contributed by atoms with Crippen LogP contribution in [0.15, 0.2) is 53.0 Å². The average Bonchev–Trinajstić information content (AvgIpc) is 3.29. The van der Waals surface area contributed by atoms with Gasteiger partial charge in [-0.2, -0.15) is 4.99 Å². The molecule has 0 bridgehead atoms. The fraction of sp³-hybridized carbons (Fsp3) is 0.280. The highest BCUT2D eigenvalue weighted by Crippen LogP contribution is 2.32. The predicted molar refractivity (Wildman–Crippen MR) is 135 cm³/mol. The van der Waals surface area contributed by atoms with Crippen LogP contribution in [0.25, 0.3) is 0 Å². The second-order valence-electron chi connectivity index (χ2n) is 7.78. The number of benzene rings is 2. The summed E-state index contributed by atoms with van der Waals surface area (Å²) in [7, 11) is 1.41. The predicted octanol–water partition coefficient (Wildman–Crippen LogP) is 5.06. The highest BCUT2D eigenvalue weighted by Gasteiger charge is 2.18. The van der Waals surface area contributed by atoms with Gasteiger partial charge < -0.3 is 14.8 Å². The first-order valence-corrected chi connectivity index (χ1v) is 12.1. The van der Waals surface area contributed by atoms with Crippen molar-refractivity contribution in [1.82, 2.24) is 4.57 Å². The standard InChI is InChI=1S/C25H26ClN3O5S/c1-5-15(2)24(32)34-14-29-10-11-35-25(29)28-23(31)18-12-19(26)20(13-21(18)33-4)27-22(30)17-9-7-6-8-16(17)3/h6-13,15H,5,14H2,1-4H3,(H,27,30). The lowest BCUT2D eigenvalue weighted by Crippen LogP contribution is -2.22. The Morgan fingerprint density at radius 2 is 1.94 bits per heavy atom. The van der Waals surface area contributed by atoms with E-state index in [1.54, 1.807) is 35.2 Å². The number of thiazole rings is 1. The molecule has 3 aromatic rings. The Kier molecular flexibility index (Phi) is 8.84. The van der Waals surface area contributed by atoms with Crippen LogP contribution in [0, 0.1) is 12.8 Å². The number of amides is 2. The summed E-state index contributed by atoms with van der Waals surface area (Å²) in [6, 6.07) is 10.1. The third-order valence-corrected chi connectivity index (χ3v) is 6.48. The number of carbonyl (C=O) groups is 3. The second-order valence-corrected chi connectivity index (χ2v) is 9.06. The molecule has 3 rings (SSSR count). The molecule has 2 amide bonds. The van der Waals surface area contributed by atoms with Crippen molar-refractivity contribution >= 4 is 46.4 Å². The van der Waals surface area contributed by atoms with E-state index >= 15 is 0 Å². The summed E-state index contributed by atoms with van der Waals surface area (Å²) in [5.74, 6) is -1.25. The van der Waals surface area contributed by atoms with E-state index in [0.717, 1.165) is 5.56 Å². The van der Waals surface area contributed by atoms with Crippen LogP contribution in [0.5, 0.6) is 5.75 Å². The minimum Gasteiger partial charge on any atom is -0.496 e. The summed E-state index contributed by atoms with van der Waals surface area (Å²) in [5.41, 5.74) is 1.76. The number of aromatic nitrogens is 1. The average molecular weight is 516 g/mol. The molecule has 8 nitrogen and oxygen atoms in total. The second kappa shape index (κ2) is 11.8. The first-order chi connectivity index (χ1) is 16.7. The zero-order valence-electron chi connectivity index (χ0n) is 19.8. The SMILES string of the molecule is CCC(C)C(=O)OCn1ccsc1=NC(=O)c1cc(Cl)c(NC(=O)c2ccccc2C)cc1OC. The summed E-state index contributed by atoms with van der Waals surface area (Å²) in [6.45, 7) is 5.47. The molecule has 0 saturated carbocycles. The third kappa shape index (κ3) is 6.37. The maximum Gasteiger partial charge on any atom is 0.310 e. The molecule has 0 aliphatic heterocycles. The first kappa shape index (κ1) is 26.2. The molecule has 1 atom stereocenters. The molecule has 0 fully saturated rings. The molecule has 1 heterocycles. The maximum atomic E-state index is 13.0. The number of hydrogen-bond acceptors (Lipinski definition) is 6. The van der Waals surface area contributed by atoms with Crippen LogP contribution in [-0.2, 0) is 16.3 Å². The van der Waals surface area contributed by atoms with Gasteiger partial charge in [0.1, 0.15) is 5.75 Å². The molecule has 0 radical (unpaired) electrons. The van der Waals surface area contributed by atoms with Crippen LogP contribution >= 0.6 is 22.9 Å². The normalized spacial score (nSPS) is 12.2. The number of carbonyl (C=O) groups excluding carboxylic acids is 3. The molecule has 1 unspecified atom stereocenters. The van der Waals surface area contributed by atoms with Crippen molar-refractivity contribution in [3.05, 3.63) is 74.5 Å². The number of ether oxygens (including phenoxy) is 2. The van der Waals surface area contributed by atoms with Crippen LogP contribution in [-0.4, -0.2) is 29.5 Å². The first-order valence-electron chi connectivity index (χ1n) is 10.9. The Hall–Kier alpha value is -3.43. The molecule has 1 aromatic heterocycles. The Bertz CT molecular complexity index is 1310. The lowest BCUT2D eigenvalue weighted by Gasteiger charge is -2.13. The zero-order chi connectivity index (χ0) is 25.5. The monoisotopic (exact) mass is 515 g/mol. The van der Waals surface area contributed by atoms with Crippen LogP contribution in [0.4, 0.5) is 5.69 Å². The molecule has 35 heavy (non-hydrogen) atoms. The van der Waals surface area contributed by atoms with Crippen LogP contribution in [0.2, 0.25) is 5.02 Å². The van der Waals surface area contributed by atoms with Crippen LogP contribution in [0.3, 0.4) is 0 Å². The smallest absolute Gasteiger partial charge is 0.310 e. The van der Waals surface area contributed by atoms with Crippen molar-refractivity contribution in [2.75, 3.05) is 12.4 Å². The van der Waals surface area contributed by atoms with Gasteiger partial charge in [-0.15, -0.1) is 11.3 Å². The largest absolute Gasteiger partial charge is 0.496 e. The number of nitrogens with one attached hydrogen (secondary N) is 1. The van der Waals surface area contributed by atoms with Crippen LogP contribution < -0.4 is 14.9 Å². The summed E-state index contributed by atoms with van der Waals surface area (Å²) in [5, 5.41) is 4.65. The lowest BCUT2D eigenvalue weighted by atomic mass is 10.1. The van der Waals surface area contributed by atoms with Gasteiger partial charge in [-0.1, -0.05) is 43.6 Å². The molecule has 10 heteroatoms. The molecule has 184 valence electrons. The van der Waals surface area contributed by atoms with Gasteiger partial charge in [0, 0.05) is 23.2 Å². The number of anilines is 1. The van der Waals surface area contributed by atoms with E-state index in [-0.39, 0.29) is 40.9 Å². The maximum absolute atomic E-state index is 13.0. The number of nitrogens with zero attached hydrogens (tertiary/aromatic N) is 2. The molecular weight excluding hydrogens is 490 g/mol. The van der Waals surface area contributed by atoms with E-state index < -0.39 is 5.91 Å². The number of halogens is 1. The number of rotatable bonds is 8. The molecule has 0 spiro atoms. The highest BCUT2D eigenvalue weighted by atomic mass is 35.5. The minimum atomic E-state index is -0.593. The summed E-state index contributed by atoms with van der Waals surface area (Å²) < 4.78 is 12.2. The molecule has 0 aliphatic carbocycles. The third-order valence-electron chi connectivity index (χ3n) is 5.38. The van der Waals surface area contributed by atoms with Crippen molar-refractivity contribution in [1.29, 1.82) is 0 Å². The molecule has 2 aromatic carbocycles. The van der Waals surface area contributed by atoms with E-state index in [2.05, 4.69) is 10.3 Å². The number of methoxy groups -OCH3 is 1. The van der Waals surface area contributed by atoms with Gasteiger partial charge in [-0.05, 0) is 31.0 Å². The van der Waals surface area contributed by atoms with Gasteiger partial charge in [-0.25, -0.2) is 0 Å². The molecule has 0 saturated heterocycles. The number of hydrogen-bond donors (Lipinski definition) is 1. The van der Waals surface area contributed by atoms with Gasteiger partial charge in [0.15, 0.2) is 11.5 Å². The number of esters is 1. The van der Waals surface area contributed by atoms with Gasteiger partial charge in [0.25, 0.3) is 11.8 Å². The summed E-state index contributed by atoms with van der Waals surface area (Å²) in [4.78, 5) is 42.2. The highest BCUT2D eigenvalue weighted by molar-refractivity contribution is 7.07. The Labute approximate surface area is 212 Å². The molecule has 1 N–H and O–H groups in total. The van der Waals surface area contributed by atoms with Gasteiger partial charge in [0.2, 0.25) is 0 Å². The lowest BCUT2D eigenvalue weighted by molar-refractivity contribution is -0.152. The van der Waals surface area contributed by atoms with Gasteiger partial charge >= 0.3 is 5.97 Å². The van der Waals surface area contributed by atoms with Crippen molar-refractivity contribution in [2.45, 2.75) is 33.9 Å². The van der Waals surface area contributed by atoms with E-state index in [1.807, 2.05) is 26.0 Å². The van der Waals surface area contributed by atoms with Crippen LogP contribution in [0.1, 0.15) is 46.5 Å². The van der Waals surface area contributed by atoms with Crippen molar-refractivity contribution < 1.29 is 23.9 Å². The zero-order valence-corrected chi connectivity index (χ0v) is 21.4. The van der Waals surface area contributed by atoms with Crippen molar-refractivity contribution in [2.24, 2.45) is 10.9 Å². The fourth-order valence-corrected chi connectivity index (χ4v) is 4.00. The molecule has 0 aliphatic rings. The van der Waals surface area contributed by atoms with E-state index in [0.29, 0.717) is 22.5 Å². The number of aryl methyl sites for hydroxylation is 1. The van der Waals surface area contributed by atoms with E-state index in [4.69, 9.17) is 21.1 Å². The topological polar surface area (TPSA) is 99.0 Å². The Morgan fingerprint density at radius 3 is 2.63 bits per heavy atom. The van der Waals surface area contributed by atoms with Gasteiger partial charge in [-0.3, -0.25) is 19.0 Å².